The number of unbranched alkanes of at least 4 members (excludes halogenated alkanes) is 2. The number of hydrogen-bond acceptors (Lipinski definition) is 3. The SMILES string of the molecule is N#CCCCCNCC1=Cc2cc(Cl)cc(Cl)c2OC1. The molecule has 0 aromatic heterocycles. The minimum Gasteiger partial charge on any atom is -0.487 e. The quantitative estimate of drug-likeness (QED) is 0.806. The summed E-state index contributed by atoms with van der Waals surface area (Å²) in [6, 6.07) is 5.69. The topological polar surface area (TPSA) is 45.0 Å². The van der Waals surface area contributed by atoms with E-state index in [-0.39, 0.29) is 0 Å². The fourth-order valence-corrected chi connectivity index (χ4v) is 2.63. The Kier molecular flexibility index (Phi) is 5.72. The molecule has 0 spiro atoms. The Morgan fingerprint density at radius 2 is 2.15 bits per heavy atom. The Labute approximate surface area is 129 Å². The first-order valence-corrected chi connectivity index (χ1v) is 7.35. The van der Waals surface area contributed by atoms with Crippen molar-refractivity contribution in [1.82, 2.24) is 5.32 Å². The van der Waals surface area contributed by atoms with Crippen LogP contribution >= 0.6 is 23.2 Å². The summed E-state index contributed by atoms with van der Waals surface area (Å²) < 4.78 is 5.68. The molecular weight excluding hydrogens is 295 g/mol. The van der Waals surface area contributed by atoms with Crippen LogP contribution in [0.25, 0.3) is 6.08 Å². The molecule has 1 N–H and O–H groups in total. The highest BCUT2D eigenvalue weighted by Gasteiger charge is 2.15. The fraction of sp³-hybridized carbons (Fsp3) is 0.400. The van der Waals surface area contributed by atoms with Crippen LogP contribution in [0.3, 0.4) is 0 Å². The van der Waals surface area contributed by atoms with Gasteiger partial charge in [0.1, 0.15) is 12.4 Å². The lowest BCUT2D eigenvalue weighted by Gasteiger charge is -2.19. The van der Waals surface area contributed by atoms with E-state index < -0.39 is 0 Å². The molecule has 0 fully saturated rings. The van der Waals surface area contributed by atoms with Crippen LogP contribution in [0, 0.1) is 11.3 Å². The first kappa shape index (κ1) is 15.2. The van der Waals surface area contributed by atoms with Crippen LogP contribution in [-0.4, -0.2) is 19.7 Å². The normalized spacial score (nSPS) is 13.2. The Balaban J connectivity index is 1.88. The van der Waals surface area contributed by atoms with Gasteiger partial charge in [0, 0.05) is 23.6 Å². The zero-order chi connectivity index (χ0) is 14.4. The lowest BCUT2D eigenvalue weighted by molar-refractivity contribution is 0.343. The highest BCUT2D eigenvalue weighted by molar-refractivity contribution is 6.36. The molecule has 0 saturated carbocycles. The van der Waals surface area contributed by atoms with Gasteiger partial charge in [-0.1, -0.05) is 23.2 Å². The van der Waals surface area contributed by atoms with Crippen molar-refractivity contribution in [2.24, 2.45) is 0 Å². The van der Waals surface area contributed by atoms with Gasteiger partial charge in [-0.15, -0.1) is 0 Å². The number of benzene rings is 1. The monoisotopic (exact) mass is 310 g/mol. The molecule has 0 bridgehead atoms. The van der Waals surface area contributed by atoms with Crippen LogP contribution in [0.2, 0.25) is 10.0 Å². The average Bonchev–Trinajstić information content (AvgIpc) is 2.42. The minimum absolute atomic E-state index is 0.541. The lowest BCUT2D eigenvalue weighted by atomic mass is 10.1. The van der Waals surface area contributed by atoms with Gasteiger partial charge in [-0.2, -0.15) is 5.26 Å². The van der Waals surface area contributed by atoms with E-state index >= 15 is 0 Å². The second-order valence-corrected chi connectivity index (χ2v) is 5.53. The third-order valence-electron chi connectivity index (χ3n) is 3.04. The second kappa shape index (κ2) is 7.54. The molecule has 1 aliphatic rings. The molecule has 0 aliphatic carbocycles. The molecule has 1 aromatic carbocycles. The maximum Gasteiger partial charge on any atom is 0.145 e. The van der Waals surface area contributed by atoms with Crippen molar-refractivity contribution in [2.75, 3.05) is 19.7 Å². The Hall–Kier alpha value is -1.21. The molecule has 3 nitrogen and oxygen atoms in total. The summed E-state index contributed by atoms with van der Waals surface area (Å²) in [5, 5.41) is 13.0. The highest BCUT2D eigenvalue weighted by Crippen LogP contribution is 2.36. The van der Waals surface area contributed by atoms with E-state index in [1.54, 1.807) is 6.07 Å². The van der Waals surface area contributed by atoms with Crippen molar-refractivity contribution in [3.05, 3.63) is 33.3 Å². The lowest BCUT2D eigenvalue weighted by Crippen LogP contribution is -2.22. The summed E-state index contributed by atoms with van der Waals surface area (Å²) >= 11 is 12.1. The van der Waals surface area contributed by atoms with E-state index in [0.29, 0.717) is 28.8 Å². The van der Waals surface area contributed by atoms with Gasteiger partial charge in [0.2, 0.25) is 0 Å². The predicted molar refractivity (Wildman–Crippen MR) is 82.3 cm³/mol. The number of nitriles is 1. The molecule has 5 heteroatoms. The van der Waals surface area contributed by atoms with Crippen LogP contribution in [0.5, 0.6) is 5.75 Å². The van der Waals surface area contributed by atoms with Crippen molar-refractivity contribution in [3.63, 3.8) is 0 Å². The third-order valence-corrected chi connectivity index (χ3v) is 3.54. The summed E-state index contributed by atoms with van der Waals surface area (Å²) in [6.07, 6.45) is 4.64. The molecule has 2 rings (SSSR count). The van der Waals surface area contributed by atoms with Crippen molar-refractivity contribution in [2.45, 2.75) is 19.3 Å². The van der Waals surface area contributed by atoms with Crippen molar-refractivity contribution in [3.8, 4) is 11.8 Å². The van der Waals surface area contributed by atoms with Crippen LogP contribution in [0.1, 0.15) is 24.8 Å². The maximum absolute atomic E-state index is 8.45. The van der Waals surface area contributed by atoms with E-state index in [4.69, 9.17) is 33.2 Å². The number of rotatable bonds is 6. The summed E-state index contributed by atoms with van der Waals surface area (Å²) in [6.45, 7) is 2.22. The first-order valence-electron chi connectivity index (χ1n) is 6.59. The van der Waals surface area contributed by atoms with Gasteiger partial charge in [-0.3, -0.25) is 0 Å². The Morgan fingerprint density at radius 3 is 2.95 bits per heavy atom. The van der Waals surface area contributed by atoms with Crippen molar-refractivity contribution in [1.29, 1.82) is 5.26 Å². The fourth-order valence-electron chi connectivity index (χ4n) is 2.07. The number of hydrogen-bond donors (Lipinski definition) is 1. The van der Waals surface area contributed by atoms with Gasteiger partial charge in [-0.25, -0.2) is 0 Å². The number of ether oxygens (including phenoxy) is 1. The number of nitrogens with one attached hydrogen (secondary N) is 1. The average molecular weight is 311 g/mol. The van der Waals surface area contributed by atoms with Crippen LogP contribution in [-0.2, 0) is 0 Å². The Morgan fingerprint density at radius 1 is 1.30 bits per heavy atom. The smallest absolute Gasteiger partial charge is 0.145 e. The summed E-state index contributed by atoms with van der Waals surface area (Å²) in [5.74, 6) is 0.703. The molecule has 1 aliphatic heterocycles. The standard InChI is InChI=1S/C15H16Cl2N2O/c16-13-7-12-6-11(9-19-5-3-1-2-4-18)10-20-15(12)14(17)8-13/h6-8,19H,1-3,5,9-10H2. The molecule has 0 radical (unpaired) electrons. The minimum atomic E-state index is 0.541. The molecule has 106 valence electrons. The van der Waals surface area contributed by atoms with Crippen LogP contribution in [0.4, 0.5) is 0 Å². The zero-order valence-electron chi connectivity index (χ0n) is 11.1. The van der Waals surface area contributed by atoms with E-state index in [1.807, 2.05) is 6.07 Å². The molecule has 0 saturated heterocycles. The predicted octanol–water partition coefficient (Wildman–Crippen LogP) is 4.05. The number of fused-ring (bicyclic) bond motifs is 1. The summed E-state index contributed by atoms with van der Waals surface area (Å²) in [4.78, 5) is 0. The summed E-state index contributed by atoms with van der Waals surface area (Å²) in [7, 11) is 0. The zero-order valence-corrected chi connectivity index (χ0v) is 12.6. The largest absolute Gasteiger partial charge is 0.487 e. The first-order chi connectivity index (χ1) is 9.70. The van der Waals surface area contributed by atoms with E-state index in [1.165, 1.54) is 0 Å². The van der Waals surface area contributed by atoms with Gasteiger partial charge in [-0.05, 0) is 43.2 Å². The van der Waals surface area contributed by atoms with Crippen LogP contribution < -0.4 is 10.1 Å². The molecule has 0 atom stereocenters. The van der Waals surface area contributed by atoms with Gasteiger partial charge < -0.3 is 10.1 Å². The van der Waals surface area contributed by atoms with Crippen molar-refractivity contribution >= 4 is 29.3 Å². The third kappa shape index (κ3) is 4.14. The van der Waals surface area contributed by atoms with E-state index in [9.17, 15) is 0 Å². The van der Waals surface area contributed by atoms with Gasteiger partial charge in [0.15, 0.2) is 0 Å². The molecule has 1 aromatic rings. The molecule has 1 heterocycles. The van der Waals surface area contributed by atoms with Gasteiger partial charge >= 0.3 is 0 Å². The maximum atomic E-state index is 8.45. The summed E-state index contributed by atoms with van der Waals surface area (Å²) in [5.41, 5.74) is 2.09. The molecular formula is C15H16Cl2N2O. The second-order valence-electron chi connectivity index (χ2n) is 4.69. The van der Waals surface area contributed by atoms with Crippen LogP contribution in [0.15, 0.2) is 17.7 Å². The molecule has 0 amide bonds. The number of nitrogens with zero attached hydrogens (tertiary/aromatic N) is 1. The van der Waals surface area contributed by atoms with E-state index in [0.717, 1.165) is 37.1 Å². The van der Waals surface area contributed by atoms with Gasteiger partial charge in [0.05, 0.1) is 11.1 Å². The highest BCUT2D eigenvalue weighted by atomic mass is 35.5. The Bertz CT molecular complexity index is 550. The van der Waals surface area contributed by atoms with E-state index in [2.05, 4.69) is 17.5 Å². The van der Waals surface area contributed by atoms with Gasteiger partial charge in [0.25, 0.3) is 0 Å². The van der Waals surface area contributed by atoms with Crippen molar-refractivity contribution < 1.29 is 4.74 Å². The molecule has 0 unspecified atom stereocenters. The molecule has 20 heavy (non-hydrogen) atoms. The number of halogens is 2.